The van der Waals surface area contributed by atoms with Crippen LogP contribution < -0.4 is 10.4 Å². The van der Waals surface area contributed by atoms with E-state index >= 15 is 0 Å². The van der Waals surface area contributed by atoms with Crippen molar-refractivity contribution in [3.8, 4) is 11.5 Å². The number of phenolic OH excluding ortho intramolecular Hbond substituents is 1. The number of fused-ring (bicyclic) bond motifs is 3. The standard InChI is InChI=1S/C20H14O4/c21-14-6-8-16-17-9-7-15(23-12-13-4-2-1-3-5-13)11-19(17)24-20(22)18(16)10-14/h1-11,21H,12H2. The van der Waals surface area contributed by atoms with Crippen LogP contribution in [0.15, 0.2) is 75.9 Å². The number of hydrogen-bond acceptors (Lipinski definition) is 4. The third-order valence-electron chi connectivity index (χ3n) is 3.92. The summed E-state index contributed by atoms with van der Waals surface area (Å²) in [5.41, 5.74) is 1.05. The van der Waals surface area contributed by atoms with Gasteiger partial charge in [-0.25, -0.2) is 4.79 Å². The molecule has 0 spiro atoms. The molecule has 4 aromatic rings. The lowest BCUT2D eigenvalue weighted by Gasteiger charge is -2.08. The highest BCUT2D eigenvalue weighted by atomic mass is 16.5. The van der Waals surface area contributed by atoms with Crippen molar-refractivity contribution in [2.75, 3.05) is 0 Å². The van der Waals surface area contributed by atoms with Crippen molar-refractivity contribution in [2.24, 2.45) is 0 Å². The highest BCUT2D eigenvalue weighted by Crippen LogP contribution is 2.28. The zero-order valence-electron chi connectivity index (χ0n) is 12.7. The van der Waals surface area contributed by atoms with E-state index in [1.54, 1.807) is 18.2 Å². The molecule has 0 aliphatic heterocycles. The van der Waals surface area contributed by atoms with Crippen molar-refractivity contribution < 1.29 is 14.3 Å². The number of ether oxygens (including phenoxy) is 1. The predicted molar refractivity (Wildman–Crippen MR) is 92.4 cm³/mol. The lowest BCUT2D eigenvalue weighted by Crippen LogP contribution is -2.00. The van der Waals surface area contributed by atoms with Gasteiger partial charge in [-0.3, -0.25) is 0 Å². The van der Waals surface area contributed by atoms with Crippen molar-refractivity contribution in [3.63, 3.8) is 0 Å². The number of phenols is 1. The van der Waals surface area contributed by atoms with Crippen LogP contribution in [0.25, 0.3) is 21.7 Å². The molecule has 24 heavy (non-hydrogen) atoms. The van der Waals surface area contributed by atoms with E-state index in [4.69, 9.17) is 9.15 Å². The summed E-state index contributed by atoms with van der Waals surface area (Å²) in [5, 5.41) is 11.5. The van der Waals surface area contributed by atoms with Crippen LogP contribution in [0, 0.1) is 0 Å². The van der Waals surface area contributed by atoms with E-state index in [1.165, 1.54) is 6.07 Å². The Kier molecular flexibility index (Phi) is 3.43. The molecule has 0 saturated heterocycles. The van der Waals surface area contributed by atoms with Gasteiger partial charge >= 0.3 is 5.63 Å². The highest BCUT2D eigenvalue weighted by molar-refractivity contribution is 6.04. The second-order valence-electron chi connectivity index (χ2n) is 5.55. The number of hydrogen-bond donors (Lipinski definition) is 1. The first kappa shape index (κ1) is 14.3. The van der Waals surface area contributed by atoms with Crippen molar-refractivity contribution in [2.45, 2.75) is 6.61 Å². The molecule has 4 heteroatoms. The van der Waals surface area contributed by atoms with Crippen LogP contribution in [-0.4, -0.2) is 5.11 Å². The molecule has 1 N–H and O–H groups in total. The third kappa shape index (κ3) is 2.58. The summed E-state index contributed by atoms with van der Waals surface area (Å²) in [4.78, 5) is 12.1. The van der Waals surface area contributed by atoms with E-state index in [2.05, 4.69) is 0 Å². The van der Waals surface area contributed by atoms with Gasteiger partial charge in [0.1, 0.15) is 23.7 Å². The Morgan fingerprint density at radius 3 is 2.50 bits per heavy atom. The zero-order chi connectivity index (χ0) is 16.5. The fourth-order valence-corrected chi connectivity index (χ4v) is 2.73. The summed E-state index contributed by atoms with van der Waals surface area (Å²) in [6, 6.07) is 20.0. The molecule has 0 radical (unpaired) electrons. The first-order chi connectivity index (χ1) is 11.7. The maximum absolute atomic E-state index is 12.1. The Labute approximate surface area is 137 Å². The van der Waals surface area contributed by atoms with E-state index in [9.17, 15) is 9.90 Å². The number of aromatic hydroxyl groups is 1. The van der Waals surface area contributed by atoms with E-state index in [-0.39, 0.29) is 5.75 Å². The van der Waals surface area contributed by atoms with Gasteiger partial charge in [-0.1, -0.05) is 30.3 Å². The predicted octanol–water partition coefficient (Wildman–Crippen LogP) is 4.23. The summed E-state index contributed by atoms with van der Waals surface area (Å²) in [6.45, 7) is 0.442. The summed E-state index contributed by atoms with van der Waals surface area (Å²) in [5.74, 6) is 0.671. The van der Waals surface area contributed by atoms with Crippen LogP contribution in [0.4, 0.5) is 0 Å². The second-order valence-corrected chi connectivity index (χ2v) is 5.55. The quantitative estimate of drug-likeness (QED) is 0.453. The van der Waals surface area contributed by atoms with Crippen LogP contribution in [0.1, 0.15) is 5.56 Å². The molecular formula is C20H14O4. The van der Waals surface area contributed by atoms with Gasteiger partial charge in [-0.2, -0.15) is 0 Å². The van der Waals surface area contributed by atoms with Crippen molar-refractivity contribution >= 4 is 21.7 Å². The average molecular weight is 318 g/mol. The van der Waals surface area contributed by atoms with Gasteiger partial charge in [-0.05, 0) is 35.9 Å². The fraction of sp³-hybridized carbons (Fsp3) is 0.0500. The Morgan fingerprint density at radius 2 is 1.67 bits per heavy atom. The van der Waals surface area contributed by atoms with Crippen LogP contribution >= 0.6 is 0 Å². The minimum Gasteiger partial charge on any atom is -0.508 e. The van der Waals surface area contributed by atoms with E-state index < -0.39 is 5.63 Å². The molecule has 118 valence electrons. The van der Waals surface area contributed by atoms with Crippen LogP contribution in [0.3, 0.4) is 0 Å². The normalized spacial score (nSPS) is 11.0. The lowest BCUT2D eigenvalue weighted by molar-refractivity contribution is 0.306. The van der Waals surface area contributed by atoms with Gasteiger partial charge in [-0.15, -0.1) is 0 Å². The largest absolute Gasteiger partial charge is 0.508 e. The Bertz CT molecular complexity index is 1080. The smallest absolute Gasteiger partial charge is 0.344 e. The molecule has 1 heterocycles. The van der Waals surface area contributed by atoms with Gasteiger partial charge in [0.2, 0.25) is 0 Å². The molecule has 4 nitrogen and oxygen atoms in total. The van der Waals surface area contributed by atoms with Gasteiger partial charge in [0.05, 0.1) is 5.39 Å². The third-order valence-corrected chi connectivity index (χ3v) is 3.92. The summed E-state index contributed by atoms with van der Waals surface area (Å²) >= 11 is 0. The Hall–Kier alpha value is -3.27. The molecule has 3 aromatic carbocycles. The molecule has 0 amide bonds. The lowest BCUT2D eigenvalue weighted by atomic mass is 10.1. The summed E-state index contributed by atoms with van der Waals surface area (Å²) < 4.78 is 11.1. The molecule has 1 aromatic heterocycles. The molecule has 4 rings (SSSR count). The molecule has 0 atom stereocenters. The average Bonchev–Trinajstić information content (AvgIpc) is 2.61. The van der Waals surface area contributed by atoms with Gasteiger partial charge in [0.25, 0.3) is 0 Å². The SMILES string of the molecule is O=c1oc2cc(OCc3ccccc3)ccc2c2ccc(O)cc12. The molecule has 0 unspecified atom stereocenters. The van der Waals surface area contributed by atoms with Crippen LogP contribution in [0.5, 0.6) is 11.5 Å². The molecular weight excluding hydrogens is 304 g/mol. The summed E-state index contributed by atoms with van der Waals surface area (Å²) in [6.07, 6.45) is 0. The van der Waals surface area contributed by atoms with Gasteiger partial charge in [0.15, 0.2) is 0 Å². The molecule has 0 saturated carbocycles. The van der Waals surface area contributed by atoms with E-state index in [0.29, 0.717) is 23.3 Å². The van der Waals surface area contributed by atoms with Crippen molar-refractivity contribution in [1.29, 1.82) is 0 Å². The highest BCUT2D eigenvalue weighted by Gasteiger charge is 2.09. The van der Waals surface area contributed by atoms with Crippen molar-refractivity contribution in [1.82, 2.24) is 0 Å². The van der Waals surface area contributed by atoms with Gasteiger partial charge in [0, 0.05) is 16.8 Å². The molecule has 0 bridgehead atoms. The summed E-state index contributed by atoms with van der Waals surface area (Å²) in [7, 11) is 0. The Morgan fingerprint density at radius 1 is 0.875 bits per heavy atom. The zero-order valence-corrected chi connectivity index (χ0v) is 12.7. The number of benzene rings is 3. The maximum atomic E-state index is 12.1. The van der Waals surface area contributed by atoms with Gasteiger partial charge < -0.3 is 14.3 Å². The first-order valence-electron chi connectivity index (χ1n) is 7.57. The topological polar surface area (TPSA) is 59.7 Å². The molecule has 0 aliphatic rings. The molecule has 0 fully saturated rings. The van der Waals surface area contributed by atoms with Crippen molar-refractivity contribution in [3.05, 3.63) is 82.7 Å². The minimum absolute atomic E-state index is 0.0389. The molecule has 0 aliphatic carbocycles. The number of rotatable bonds is 3. The monoisotopic (exact) mass is 318 g/mol. The van der Waals surface area contributed by atoms with E-state index in [1.807, 2.05) is 42.5 Å². The van der Waals surface area contributed by atoms with Crippen LogP contribution in [0.2, 0.25) is 0 Å². The first-order valence-corrected chi connectivity index (χ1v) is 7.57. The van der Waals surface area contributed by atoms with E-state index in [0.717, 1.165) is 16.3 Å². The fourth-order valence-electron chi connectivity index (χ4n) is 2.73. The second kappa shape index (κ2) is 5.74. The minimum atomic E-state index is -0.478. The maximum Gasteiger partial charge on any atom is 0.344 e. The Balaban J connectivity index is 1.74. The van der Waals surface area contributed by atoms with Crippen LogP contribution in [-0.2, 0) is 6.61 Å².